The molecular weight excluding hydrogens is 1630 g/mol. The van der Waals surface area contributed by atoms with E-state index in [0.717, 1.165) is 142 Å². The summed E-state index contributed by atoms with van der Waals surface area (Å²) in [5.41, 5.74) is 13.6. The van der Waals surface area contributed by atoms with Gasteiger partial charge in [0.15, 0.2) is 13.2 Å². The second kappa shape index (κ2) is 39.2. The molecule has 12 heteroatoms. The summed E-state index contributed by atoms with van der Waals surface area (Å²) < 4.78 is 27.6. The van der Waals surface area contributed by atoms with Crippen LogP contribution in [0.15, 0.2) is 132 Å². The maximum Gasteiger partial charge on any atom is 0.329 e. The predicted molar refractivity (Wildman–Crippen MR) is 536 cm³/mol. The third-order valence-electron chi connectivity index (χ3n) is 35.6. The molecule has 15 rings (SSSR count). The van der Waals surface area contributed by atoms with Gasteiger partial charge in [-0.3, -0.25) is 9.59 Å². The van der Waals surface area contributed by atoms with Gasteiger partial charge in [0.2, 0.25) is 0 Å². The zero-order valence-corrected chi connectivity index (χ0v) is 85.2. The van der Waals surface area contributed by atoms with E-state index < -0.39 is 70.7 Å². The molecule has 6 fully saturated rings. The number of carbonyl (C=O) groups excluding carboxylic acids is 4. The van der Waals surface area contributed by atoms with Crippen LogP contribution in [-0.2, 0) is 88.8 Å². The Morgan fingerprint density at radius 3 is 1.03 bits per heavy atom. The van der Waals surface area contributed by atoms with E-state index in [1.54, 1.807) is 0 Å². The number of ether oxygens (including phenoxy) is 4. The summed E-state index contributed by atoms with van der Waals surface area (Å²) in [4.78, 5) is 60.8. The Kier molecular flexibility index (Phi) is 29.2. The number of nitrogens with one attached hydrogen (secondary N) is 2. The van der Waals surface area contributed by atoms with Crippen LogP contribution in [0.1, 0.15) is 371 Å². The quantitative estimate of drug-likeness (QED) is 0.0302. The standard InChI is InChI=1S/C120H166N2O10/c1-73(2)31-29-33-75(5)97-43-45-99-95-41-39-87-69-93(47-51-117(87,19)101(95)49-53-119(97,99)21)131-111(127)103(55-77-35-25-23-26-36-77)121-105(123)71-129-109-83-57-79-61-89(113(7,8)9)63-81(107(79)125)59-85-67-92(116(16,17)18)68-86(60-82-64-90(114(10,11)12)62-80(108(82)126)58-84(109)66-91(65-83)115(13,14)15)110(85)130-72-106(124)122-104(56-78-37-27-24-28-38-78)112(128)132-94-48-52-118(20)88(70-94)40-42-96-100-46-44-98(76(6)34-30-32-74(3)4)120(100,22)54-50-102(96)118/h23-28,35-40,61-68,73-76,93-104,125-126H,29-34,41-60,69-72H2,1-22H3,(H,121,123)(H,122,124)/t75-,76-,93?,94?,95+,96+,97-,98-,99+,100+,101+,102+,103+,104?,117+,118+,119-,120-/m1/s1. The van der Waals surface area contributed by atoms with Crippen LogP contribution < -0.4 is 20.1 Å². The lowest BCUT2D eigenvalue weighted by Crippen LogP contribution is -2.51. The first-order chi connectivity index (χ1) is 62.3. The van der Waals surface area contributed by atoms with Crippen molar-refractivity contribution in [3.8, 4) is 23.0 Å². The third-order valence-corrected chi connectivity index (χ3v) is 35.6. The van der Waals surface area contributed by atoms with E-state index in [4.69, 9.17) is 18.9 Å². The molecule has 0 aromatic heterocycles. The normalized spacial score (nSPS) is 27.9. The Morgan fingerprint density at radius 2 is 0.720 bits per heavy atom. The average molecular weight is 1800 g/mol. The zero-order valence-electron chi connectivity index (χ0n) is 85.2. The minimum absolute atomic E-state index is 0.0650. The Morgan fingerprint density at radius 1 is 0.402 bits per heavy atom. The third kappa shape index (κ3) is 21.2. The summed E-state index contributed by atoms with van der Waals surface area (Å²) >= 11 is 0. The first-order valence-electron chi connectivity index (χ1n) is 52.0. The molecule has 0 aliphatic heterocycles. The van der Waals surface area contributed by atoms with Crippen molar-refractivity contribution in [3.63, 3.8) is 0 Å². The van der Waals surface area contributed by atoms with Crippen molar-refractivity contribution in [1.29, 1.82) is 0 Å². The fourth-order valence-electron chi connectivity index (χ4n) is 27.8. The number of hydrogen-bond acceptors (Lipinski definition) is 10. The first kappa shape index (κ1) is 98.4. The van der Waals surface area contributed by atoms with E-state index in [0.29, 0.717) is 81.1 Å². The molecule has 0 radical (unpaired) electrons. The Labute approximate surface area is 795 Å². The smallest absolute Gasteiger partial charge is 0.329 e. The van der Waals surface area contributed by atoms with Crippen LogP contribution in [0.4, 0.5) is 0 Å². The number of hydrogen-bond donors (Lipinski definition) is 4. The van der Waals surface area contributed by atoms with Gasteiger partial charge >= 0.3 is 11.9 Å². The number of rotatable bonds is 26. The molecule has 0 saturated heterocycles. The maximum absolute atomic E-state index is 15.2. The van der Waals surface area contributed by atoms with Crippen LogP contribution in [0.25, 0.3) is 0 Å². The van der Waals surface area contributed by atoms with E-state index in [-0.39, 0.29) is 73.1 Å². The van der Waals surface area contributed by atoms with Gasteiger partial charge in [-0.15, -0.1) is 0 Å². The van der Waals surface area contributed by atoms with E-state index in [1.165, 1.54) is 101 Å². The molecule has 0 heterocycles. The number of benzene rings is 6. The van der Waals surface area contributed by atoms with Gasteiger partial charge in [0, 0.05) is 51.4 Å². The van der Waals surface area contributed by atoms with Gasteiger partial charge in [0.25, 0.3) is 11.8 Å². The van der Waals surface area contributed by atoms with E-state index in [1.807, 2.05) is 60.7 Å². The van der Waals surface area contributed by atoms with Crippen molar-refractivity contribution in [2.45, 2.75) is 378 Å². The average Bonchev–Trinajstić information content (AvgIpc) is 1.68. The maximum atomic E-state index is 15.2. The molecule has 9 aliphatic rings. The van der Waals surface area contributed by atoms with Gasteiger partial charge in [-0.2, -0.15) is 0 Å². The van der Waals surface area contributed by atoms with Gasteiger partial charge in [0.1, 0.15) is 47.3 Å². The molecule has 2 amide bonds. The zero-order chi connectivity index (χ0) is 94.7. The van der Waals surface area contributed by atoms with Crippen LogP contribution in [0.5, 0.6) is 23.0 Å². The SMILES string of the molecule is CC(C)CCC[C@@H](C)[C@H]1CC[C@H]2[C@@H]3CC=C4CC(OC(=O)C(Cc5ccccc5)NC(=O)COc5c6cc(C(C)(C)C)cc5Cc5cc(C(C)(C)C)cc(c5O)Cc5cc(C(C)(C)C)cc(c5OCC(=O)N[C@@H](Cc5ccccc5)C(=O)OC5CC[C@@]7(C)C(=CC[C@H]8[C@@H]9CC[C@H]([C@H](C)CCCC(C)C)[C@@]9(C)CC[C@@H]87)C5)Cc5cc(C(C)(C)C)cc(c5O)C6)CC[C@]4(C)[C@H]3CC[C@]12C. The number of amides is 2. The fourth-order valence-corrected chi connectivity index (χ4v) is 27.8. The lowest BCUT2D eigenvalue weighted by Gasteiger charge is -2.58. The van der Waals surface area contributed by atoms with Crippen LogP contribution >= 0.6 is 0 Å². The molecule has 9 aliphatic carbocycles. The minimum atomic E-state index is -1.01. The lowest BCUT2D eigenvalue weighted by atomic mass is 9.47. The molecule has 8 bridgehead atoms. The summed E-state index contributed by atoms with van der Waals surface area (Å²) in [5, 5.41) is 33.1. The Hall–Kier alpha value is -8.12. The number of esters is 2. The molecule has 18 atom stereocenters. The van der Waals surface area contributed by atoms with Crippen LogP contribution in [0.2, 0.25) is 0 Å². The minimum Gasteiger partial charge on any atom is -0.507 e. The van der Waals surface area contributed by atoms with Crippen molar-refractivity contribution in [1.82, 2.24) is 10.6 Å². The molecular formula is C120H166N2O10. The number of fused-ring (bicyclic) bond motifs is 18. The first-order valence-corrected chi connectivity index (χ1v) is 52.0. The van der Waals surface area contributed by atoms with Crippen molar-refractivity contribution < 1.29 is 48.3 Å². The highest BCUT2D eigenvalue weighted by Gasteiger charge is 2.62. The summed E-state index contributed by atoms with van der Waals surface area (Å²) in [6.45, 7) is 50.2. The second-order valence-electron chi connectivity index (χ2n) is 49.6. The summed E-state index contributed by atoms with van der Waals surface area (Å²) in [6, 6.07) is 34.7. The molecule has 6 aromatic rings. The topological polar surface area (TPSA) is 170 Å². The van der Waals surface area contributed by atoms with Crippen LogP contribution in [0.3, 0.4) is 0 Å². The molecule has 716 valence electrons. The number of aromatic hydroxyl groups is 2. The molecule has 6 saturated carbocycles. The number of phenolic OH excluding ortho intramolecular Hbond substituents is 2. The molecule has 4 N–H and O–H groups in total. The Bertz CT molecular complexity index is 4780. The van der Waals surface area contributed by atoms with Gasteiger partial charge in [-0.1, -0.05) is 323 Å². The number of carbonyl (C=O) groups is 4. The van der Waals surface area contributed by atoms with Gasteiger partial charge in [-0.05, 0) is 282 Å². The summed E-state index contributed by atoms with van der Waals surface area (Å²) in [6.07, 6.45) is 31.3. The number of phenols is 2. The van der Waals surface area contributed by atoms with Gasteiger partial charge < -0.3 is 39.8 Å². The second-order valence-corrected chi connectivity index (χ2v) is 49.6. The molecule has 12 nitrogen and oxygen atoms in total. The van der Waals surface area contributed by atoms with Crippen LogP contribution in [0, 0.1) is 92.7 Å². The predicted octanol–water partition coefficient (Wildman–Crippen LogP) is 27.1. The van der Waals surface area contributed by atoms with Crippen molar-refractivity contribution in [2.24, 2.45) is 92.7 Å². The molecule has 3 unspecified atom stereocenters. The molecule has 0 spiro atoms. The highest BCUT2D eigenvalue weighted by molar-refractivity contribution is 5.87. The van der Waals surface area contributed by atoms with Crippen molar-refractivity contribution in [2.75, 3.05) is 13.2 Å². The largest absolute Gasteiger partial charge is 0.507 e. The Balaban J connectivity index is 0.702. The van der Waals surface area contributed by atoms with Crippen LogP contribution in [-0.4, -0.2) is 71.5 Å². The molecule has 132 heavy (non-hydrogen) atoms. The molecule has 6 aromatic carbocycles. The van der Waals surface area contributed by atoms with Gasteiger partial charge in [0.05, 0.1) is 0 Å². The van der Waals surface area contributed by atoms with E-state index >= 15 is 19.2 Å². The van der Waals surface area contributed by atoms with Crippen molar-refractivity contribution in [3.05, 3.63) is 210 Å². The number of allylic oxidation sites excluding steroid dienone is 2. The highest BCUT2D eigenvalue weighted by atomic mass is 16.6. The summed E-state index contributed by atoms with van der Waals surface area (Å²) in [7, 11) is 0. The van der Waals surface area contributed by atoms with E-state index in [2.05, 4.69) is 224 Å². The summed E-state index contributed by atoms with van der Waals surface area (Å²) in [5.74, 6) is 7.97. The van der Waals surface area contributed by atoms with Crippen molar-refractivity contribution >= 4 is 23.8 Å². The van der Waals surface area contributed by atoms with Gasteiger partial charge in [-0.25, -0.2) is 9.59 Å². The fraction of sp³-hybridized carbons (Fsp3) is 0.633. The van der Waals surface area contributed by atoms with E-state index in [9.17, 15) is 10.2 Å². The lowest BCUT2D eigenvalue weighted by molar-refractivity contribution is -0.156. The highest BCUT2D eigenvalue weighted by Crippen LogP contribution is 2.70. The monoisotopic (exact) mass is 1800 g/mol.